The second-order valence-electron chi connectivity index (χ2n) is 15.8. The van der Waals surface area contributed by atoms with Crippen molar-refractivity contribution in [1.29, 1.82) is 0 Å². The molecule has 264 valence electrons. The van der Waals surface area contributed by atoms with E-state index in [1.807, 2.05) is 24.5 Å². The molecule has 2 aromatic heterocycles. The Kier molecular flexibility index (Phi) is 5.73. The number of nitrogens with zero attached hydrogens (tertiary/aromatic N) is 4. The molecule has 0 N–H and O–H groups in total. The first-order chi connectivity index (χ1) is 28.8. The van der Waals surface area contributed by atoms with Crippen molar-refractivity contribution in [3.8, 4) is 66.8 Å². The van der Waals surface area contributed by atoms with Crippen LogP contribution in [0.15, 0.2) is 170 Å². The monoisotopic (exact) mass is 732 g/mol. The molecule has 0 atom stereocenters. The second kappa shape index (κ2) is 10.9. The summed E-state index contributed by atoms with van der Waals surface area (Å²) in [7, 11) is 0. The summed E-state index contributed by atoms with van der Waals surface area (Å²) in [6.45, 7) is 0. The number of fused-ring (bicyclic) bond motifs is 13. The summed E-state index contributed by atoms with van der Waals surface area (Å²) in [4.78, 5) is 0. The Morgan fingerprint density at radius 2 is 0.586 bits per heavy atom. The first-order valence-corrected chi connectivity index (χ1v) is 19.8. The third-order valence-corrected chi connectivity index (χ3v) is 13.0. The van der Waals surface area contributed by atoms with Gasteiger partial charge in [0, 0.05) is 21.9 Å². The fourth-order valence-electron chi connectivity index (χ4n) is 10.5. The van der Waals surface area contributed by atoms with Crippen LogP contribution in [0, 0.1) is 0 Å². The van der Waals surface area contributed by atoms with Gasteiger partial charge in [0.25, 0.3) is 0 Å². The molecule has 2 aliphatic carbocycles. The van der Waals surface area contributed by atoms with Crippen molar-refractivity contribution in [3.05, 3.63) is 170 Å². The van der Waals surface area contributed by atoms with Gasteiger partial charge in [0.1, 0.15) is 0 Å². The summed E-state index contributed by atoms with van der Waals surface area (Å²) in [6, 6.07) is 58.2. The molecular formula is C54H28N4. The van der Waals surface area contributed by atoms with E-state index in [0.29, 0.717) is 0 Å². The molecule has 4 nitrogen and oxygen atoms in total. The molecule has 0 amide bonds. The minimum atomic E-state index is 0.882. The van der Waals surface area contributed by atoms with Crippen molar-refractivity contribution < 1.29 is 0 Å². The third kappa shape index (κ3) is 3.88. The predicted octanol–water partition coefficient (Wildman–Crippen LogP) is 14.0. The van der Waals surface area contributed by atoms with Crippen LogP contribution in [-0.4, -0.2) is 20.4 Å². The zero-order chi connectivity index (χ0) is 37.6. The quantitative estimate of drug-likeness (QED) is 0.166. The highest BCUT2D eigenvalue weighted by molar-refractivity contribution is 6.30. The number of benzene rings is 10. The minimum absolute atomic E-state index is 0.882. The smallest absolute Gasteiger partial charge is 0.0935 e. The van der Waals surface area contributed by atoms with Crippen LogP contribution in [0.25, 0.3) is 142 Å². The van der Waals surface area contributed by atoms with Gasteiger partial charge < -0.3 is 0 Å². The Morgan fingerprint density at radius 1 is 0.241 bits per heavy atom. The molecular weight excluding hydrogens is 705 g/mol. The molecule has 0 radical (unpaired) electrons. The van der Waals surface area contributed by atoms with Gasteiger partial charge in [-0.3, -0.25) is 0 Å². The van der Waals surface area contributed by atoms with Gasteiger partial charge >= 0.3 is 0 Å². The summed E-state index contributed by atoms with van der Waals surface area (Å²) in [5.74, 6) is 0. The first kappa shape index (κ1) is 30.4. The highest BCUT2D eigenvalue weighted by atomic mass is 15.1. The van der Waals surface area contributed by atoms with Gasteiger partial charge in [0.05, 0.1) is 23.4 Å². The lowest BCUT2D eigenvalue weighted by molar-refractivity contribution is 1.08. The van der Waals surface area contributed by atoms with Crippen LogP contribution in [-0.2, 0) is 0 Å². The molecule has 0 spiro atoms. The van der Waals surface area contributed by atoms with Gasteiger partial charge in [0.2, 0.25) is 0 Å². The summed E-state index contributed by atoms with van der Waals surface area (Å²) in [6.07, 6.45) is 3.90. The number of rotatable bonds is 2. The molecule has 4 heteroatoms. The second-order valence-corrected chi connectivity index (χ2v) is 15.8. The summed E-state index contributed by atoms with van der Waals surface area (Å²) < 4.78 is 0. The van der Waals surface area contributed by atoms with Crippen molar-refractivity contribution in [1.82, 2.24) is 20.4 Å². The van der Waals surface area contributed by atoms with Crippen molar-refractivity contribution in [2.24, 2.45) is 0 Å². The van der Waals surface area contributed by atoms with Crippen LogP contribution in [0.5, 0.6) is 0 Å². The molecule has 0 unspecified atom stereocenters. The lowest BCUT2D eigenvalue weighted by Gasteiger charge is -2.19. The zero-order valence-corrected chi connectivity index (χ0v) is 31.0. The molecule has 12 aromatic rings. The molecule has 2 aliphatic rings. The van der Waals surface area contributed by atoms with Crippen molar-refractivity contribution in [3.63, 3.8) is 0 Å². The molecule has 14 rings (SSSR count). The molecule has 0 aliphatic heterocycles. The molecule has 0 bridgehead atoms. The Labute approximate surface area is 331 Å². The third-order valence-electron chi connectivity index (χ3n) is 13.0. The lowest BCUT2D eigenvalue weighted by atomic mass is 9.84. The summed E-state index contributed by atoms with van der Waals surface area (Å²) in [5.41, 5.74) is 16.4. The molecule has 0 fully saturated rings. The van der Waals surface area contributed by atoms with Gasteiger partial charge in [-0.25, -0.2) is 0 Å². The topological polar surface area (TPSA) is 51.6 Å². The van der Waals surface area contributed by atoms with Crippen LogP contribution >= 0.6 is 0 Å². The van der Waals surface area contributed by atoms with Crippen LogP contribution < -0.4 is 0 Å². The standard InChI is InChI=1S/C54H28N4/c1-3-19-51-31(13-1)49(27-55-57-51)47-25-43-42-22-38-34-16-6-10-30-12-8-18-36(54(30)34)40(38)24-46(42)48(50-28-56-58-52-20-4-2-14-32(50)52)26-44(43)41-21-37-33-15-5-9-29-11-7-17-35(53(29)33)39(37)23-45(41)47/h1-28H. The molecule has 10 aromatic carbocycles. The van der Waals surface area contributed by atoms with Crippen molar-refractivity contribution >= 4 is 75.7 Å². The maximum Gasteiger partial charge on any atom is 0.0935 e. The number of hydrogen-bond acceptors (Lipinski definition) is 4. The van der Waals surface area contributed by atoms with E-state index in [0.717, 1.165) is 44.1 Å². The summed E-state index contributed by atoms with van der Waals surface area (Å²) in [5, 5.41) is 32.8. The van der Waals surface area contributed by atoms with Crippen LogP contribution in [0.4, 0.5) is 0 Å². The van der Waals surface area contributed by atoms with Crippen LogP contribution in [0.3, 0.4) is 0 Å². The zero-order valence-electron chi connectivity index (χ0n) is 31.0. The van der Waals surface area contributed by atoms with Crippen molar-refractivity contribution in [2.75, 3.05) is 0 Å². The molecule has 0 saturated heterocycles. The van der Waals surface area contributed by atoms with E-state index in [2.05, 4.69) is 166 Å². The SMILES string of the molecule is c1cc2c3c(cccc3c1)-c1cc3c(cc1-2)c(-c1cnnc2ccccc12)cc1c2cc4c(cc2c(-c2cnnc5ccccc25)cc31)-c1cccc2cccc-4c12. The van der Waals surface area contributed by atoms with E-state index in [1.54, 1.807) is 0 Å². The Morgan fingerprint density at radius 3 is 1.00 bits per heavy atom. The predicted molar refractivity (Wildman–Crippen MR) is 240 cm³/mol. The molecule has 0 saturated carbocycles. The fourth-order valence-corrected chi connectivity index (χ4v) is 10.5. The number of hydrogen-bond donors (Lipinski definition) is 0. The minimum Gasteiger partial charge on any atom is -0.158 e. The van der Waals surface area contributed by atoms with E-state index >= 15 is 0 Å². The Hall–Kier alpha value is -7.82. The van der Waals surface area contributed by atoms with Gasteiger partial charge in [-0.15, -0.1) is 0 Å². The maximum atomic E-state index is 4.59. The van der Waals surface area contributed by atoms with E-state index < -0.39 is 0 Å². The summed E-state index contributed by atoms with van der Waals surface area (Å²) >= 11 is 0. The Balaban J connectivity index is 1.20. The lowest BCUT2D eigenvalue weighted by Crippen LogP contribution is -1.94. The average Bonchev–Trinajstić information content (AvgIpc) is 3.77. The van der Waals surface area contributed by atoms with Crippen LogP contribution in [0.2, 0.25) is 0 Å². The van der Waals surface area contributed by atoms with E-state index in [1.165, 1.54) is 98.4 Å². The Bertz CT molecular complexity index is 3590. The van der Waals surface area contributed by atoms with Crippen molar-refractivity contribution in [2.45, 2.75) is 0 Å². The van der Waals surface area contributed by atoms with E-state index in [9.17, 15) is 0 Å². The van der Waals surface area contributed by atoms with Gasteiger partial charge in [-0.05, 0) is 158 Å². The highest BCUT2D eigenvalue weighted by Gasteiger charge is 2.27. The largest absolute Gasteiger partial charge is 0.158 e. The van der Waals surface area contributed by atoms with Gasteiger partial charge in [0.15, 0.2) is 0 Å². The fraction of sp³-hybridized carbons (Fsp3) is 0. The highest BCUT2D eigenvalue weighted by Crippen LogP contribution is 2.54. The van der Waals surface area contributed by atoms with E-state index in [-0.39, 0.29) is 0 Å². The van der Waals surface area contributed by atoms with Gasteiger partial charge in [-0.2, -0.15) is 20.4 Å². The average molecular weight is 733 g/mol. The van der Waals surface area contributed by atoms with Crippen LogP contribution in [0.1, 0.15) is 0 Å². The number of aromatic nitrogens is 4. The maximum absolute atomic E-state index is 4.59. The molecule has 58 heavy (non-hydrogen) atoms. The first-order valence-electron chi connectivity index (χ1n) is 19.8. The molecule has 2 heterocycles. The van der Waals surface area contributed by atoms with Gasteiger partial charge in [-0.1, -0.05) is 109 Å². The van der Waals surface area contributed by atoms with E-state index in [4.69, 9.17) is 0 Å². The normalized spacial score (nSPS) is 12.5.